The summed E-state index contributed by atoms with van der Waals surface area (Å²) in [4.78, 5) is 2.24. The second-order valence-corrected chi connectivity index (χ2v) is 10.3. The number of aryl methyl sites for hydroxylation is 1. The van der Waals surface area contributed by atoms with E-state index in [-0.39, 0.29) is 16.6 Å². The molecule has 0 bridgehead atoms. The zero-order chi connectivity index (χ0) is 23.4. The van der Waals surface area contributed by atoms with Gasteiger partial charge in [-0.1, -0.05) is 43.1 Å². The molecule has 0 saturated carbocycles. The maximum absolute atomic E-state index is 13.9. The average Bonchev–Trinajstić information content (AvgIpc) is 3.02. The topological polar surface area (TPSA) is 6.25 Å². The highest BCUT2D eigenvalue weighted by atomic mass is 35.5. The predicted octanol–water partition coefficient (Wildman–Crippen LogP) is 7.13. The Morgan fingerprint density at radius 2 is 1.75 bits per heavy atom. The molecule has 2 aromatic carbocycles. The number of benzene rings is 2. The fourth-order valence-corrected chi connectivity index (χ4v) is 5.26. The maximum atomic E-state index is 13.9. The molecule has 0 aromatic heterocycles. The molecule has 0 unspecified atom stereocenters. The number of likely N-dealkylation sites (N-methyl/N-ethyl adjacent to an activating group) is 1. The summed E-state index contributed by atoms with van der Waals surface area (Å²) in [6.07, 6.45) is 8.03. The number of hydrogen-bond acceptors (Lipinski definition) is 1. The molecule has 0 spiro atoms. The SMILES string of the molecule is Cc1ccc2c(c1)C(C)(C)\C(=C/C=C(Cl)/C=C/C1=[N+](C)c3ccc(F)cc3C1(C)C)N2C. The van der Waals surface area contributed by atoms with E-state index < -0.39 is 0 Å². The summed E-state index contributed by atoms with van der Waals surface area (Å²) >= 11 is 6.61. The summed E-state index contributed by atoms with van der Waals surface area (Å²) in [6.45, 7) is 10.9. The first kappa shape index (κ1) is 22.5. The van der Waals surface area contributed by atoms with E-state index in [0.717, 1.165) is 17.0 Å². The molecule has 2 nitrogen and oxygen atoms in total. The van der Waals surface area contributed by atoms with Gasteiger partial charge in [-0.25, -0.2) is 4.39 Å². The molecule has 0 N–H and O–H groups in total. The van der Waals surface area contributed by atoms with Crippen LogP contribution in [0.3, 0.4) is 0 Å². The minimum absolute atomic E-state index is 0.0956. The predicted molar refractivity (Wildman–Crippen MR) is 134 cm³/mol. The van der Waals surface area contributed by atoms with E-state index in [9.17, 15) is 4.39 Å². The first-order valence-electron chi connectivity index (χ1n) is 11.0. The molecule has 0 fully saturated rings. The number of hydrogen-bond donors (Lipinski definition) is 0. The number of rotatable bonds is 3. The Bertz CT molecular complexity index is 1230. The van der Waals surface area contributed by atoms with Gasteiger partial charge in [-0.05, 0) is 62.8 Å². The van der Waals surface area contributed by atoms with Crippen molar-refractivity contribution in [2.45, 2.75) is 45.4 Å². The second kappa shape index (κ2) is 7.74. The van der Waals surface area contributed by atoms with E-state index in [4.69, 9.17) is 11.6 Å². The van der Waals surface area contributed by atoms with Gasteiger partial charge in [0.05, 0.1) is 5.41 Å². The highest BCUT2D eigenvalue weighted by molar-refractivity contribution is 6.31. The van der Waals surface area contributed by atoms with Crippen molar-refractivity contribution in [2.24, 2.45) is 0 Å². The van der Waals surface area contributed by atoms with E-state index in [2.05, 4.69) is 75.4 Å². The highest BCUT2D eigenvalue weighted by Gasteiger charge is 2.43. The summed E-state index contributed by atoms with van der Waals surface area (Å²) in [7, 11) is 4.12. The van der Waals surface area contributed by atoms with Crippen LogP contribution in [0, 0.1) is 12.7 Å². The largest absolute Gasteiger partial charge is 0.347 e. The Labute approximate surface area is 196 Å². The van der Waals surface area contributed by atoms with Gasteiger partial charge in [-0.15, -0.1) is 0 Å². The van der Waals surface area contributed by atoms with Crippen molar-refractivity contribution >= 4 is 28.7 Å². The molecule has 2 heterocycles. The van der Waals surface area contributed by atoms with Crippen LogP contribution in [0.15, 0.2) is 71.4 Å². The van der Waals surface area contributed by atoms with E-state index in [1.54, 1.807) is 6.07 Å². The third kappa shape index (κ3) is 3.53. The summed E-state index contributed by atoms with van der Waals surface area (Å²) in [5, 5.41) is 0.646. The van der Waals surface area contributed by atoms with Gasteiger partial charge in [-0.3, -0.25) is 0 Å². The van der Waals surface area contributed by atoms with Gasteiger partial charge in [0.2, 0.25) is 5.69 Å². The van der Waals surface area contributed by atoms with Gasteiger partial charge < -0.3 is 4.90 Å². The Kier molecular flexibility index (Phi) is 5.45. The van der Waals surface area contributed by atoms with Crippen molar-refractivity contribution in [1.82, 2.24) is 0 Å². The van der Waals surface area contributed by atoms with Crippen LogP contribution in [-0.4, -0.2) is 24.4 Å². The average molecular weight is 450 g/mol. The molecular formula is C28H31ClFN2+. The molecule has 4 heteroatoms. The quantitative estimate of drug-likeness (QED) is 0.356. The van der Waals surface area contributed by atoms with Crippen LogP contribution in [0.4, 0.5) is 15.8 Å². The molecule has 0 aliphatic carbocycles. The van der Waals surface area contributed by atoms with Gasteiger partial charge in [0.1, 0.15) is 12.9 Å². The van der Waals surface area contributed by atoms with Crippen LogP contribution in [0.25, 0.3) is 0 Å². The van der Waals surface area contributed by atoms with Crippen molar-refractivity contribution in [1.29, 1.82) is 0 Å². The van der Waals surface area contributed by atoms with Crippen molar-refractivity contribution in [3.8, 4) is 0 Å². The molecule has 2 aromatic rings. The third-order valence-electron chi connectivity index (χ3n) is 6.98. The van der Waals surface area contributed by atoms with Gasteiger partial charge >= 0.3 is 0 Å². The Hall–Kier alpha value is -2.65. The zero-order valence-corrected chi connectivity index (χ0v) is 20.7. The van der Waals surface area contributed by atoms with Crippen LogP contribution < -0.4 is 4.90 Å². The minimum Gasteiger partial charge on any atom is -0.347 e. The maximum Gasteiger partial charge on any atom is 0.209 e. The van der Waals surface area contributed by atoms with Crippen LogP contribution in [-0.2, 0) is 10.8 Å². The normalized spacial score (nSPS) is 20.5. The molecule has 2 aliphatic rings. The molecular weight excluding hydrogens is 419 g/mol. The lowest BCUT2D eigenvalue weighted by molar-refractivity contribution is -0.401. The summed E-state index contributed by atoms with van der Waals surface area (Å²) in [6, 6.07) is 11.6. The first-order valence-corrected chi connectivity index (χ1v) is 11.3. The molecule has 0 saturated heterocycles. The lowest BCUT2D eigenvalue weighted by Crippen LogP contribution is -2.26. The molecule has 32 heavy (non-hydrogen) atoms. The van der Waals surface area contributed by atoms with Crippen LogP contribution in [0.2, 0.25) is 0 Å². The first-order chi connectivity index (χ1) is 14.9. The fraction of sp³-hybridized carbons (Fsp3) is 0.321. The lowest BCUT2D eigenvalue weighted by atomic mass is 9.81. The number of anilines is 1. The second-order valence-electron chi connectivity index (χ2n) is 9.87. The number of allylic oxidation sites excluding steroid dienone is 6. The number of halogens is 2. The molecule has 0 amide bonds. The Balaban J connectivity index is 1.63. The van der Waals surface area contributed by atoms with Gasteiger partial charge in [0, 0.05) is 46.6 Å². The molecule has 166 valence electrons. The lowest BCUT2D eigenvalue weighted by Gasteiger charge is -2.23. The van der Waals surface area contributed by atoms with E-state index in [0.29, 0.717) is 5.03 Å². The monoisotopic (exact) mass is 449 g/mol. The molecule has 0 radical (unpaired) electrons. The number of fused-ring (bicyclic) bond motifs is 2. The van der Waals surface area contributed by atoms with E-state index >= 15 is 0 Å². The fourth-order valence-electron chi connectivity index (χ4n) is 5.13. The smallest absolute Gasteiger partial charge is 0.209 e. The van der Waals surface area contributed by atoms with Gasteiger partial charge in [-0.2, -0.15) is 4.58 Å². The van der Waals surface area contributed by atoms with Crippen molar-refractivity contribution in [3.63, 3.8) is 0 Å². The molecule has 4 rings (SSSR count). The molecule has 0 atom stereocenters. The van der Waals surface area contributed by atoms with Crippen molar-refractivity contribution in [3.05, 3.63) is 93.9 Å². The van der Waals surface area contributed by atoms with Crippen LogP contribution in [0.1, 0.15) is 44.4 Å². The molecule has 2 aliphatic heterocycles. The summed E-state index contributed by atoms with van der Waals surface area (Å²) in [5.41, 5.74) is 7.75. The van der Waals surface area contributed by atoms with Crippen molar-refractivity contribution < 1.29 is 8.97 Å². The minimum atomic E-state index is -0.300. The standard InChI is InChI=1S/C28H31ClFN2/c1-18-8-12-23-21(16-18)27(2,3)25(31(23)6)14-9-19(29)10-15-26-28(4,5)22-17-20(30)11-13-24(22)32(26)7/h8-17H,1-7H3/q+1. The summed E-state index contributed by atoms with van der Waals surface area (Å²) < 4.78 is 16.0. The van der Waals surface area contributed by atoms with E-state index in [1.807, 2.05) is 31.3 Å². The summed E-state index contributed by atoms with van der Waals surface area (Å²) in [5.74, 6) is -0.209. The van der Waals surface area contributed by atoms with Crippen LogP contribution in [0.5, 0.6) is 0 Å². The highest BCUT2D eigenvalue weighted by Crippen LogP contribution is 2.47. The van der Waals surface area contributed by atoms with Gasteiger partial charge in [0.25, 0.3) is 0 Å². The third-order valence-corrected chi connectivity index (χ3v) is 7.24. The van der Waals surface area contributed by atoms with Crippen LogP contribution >= 0.6 is 11.6 Å². The van der Waals surface area contributed by atoms with Gasteiger partial charge in [0.15, 0.2) is 5.71 Å². The Morgan fingerprint density at radius 3 is 2.47 bits per heavy atom. The zero-order valence-electron chi connectivity index (χ0n) is 19.9. The van der Waals surface area contributed by atoms with E-state index in [1.165, 1.54) is 28.6 Å². The number of nitrogens with zero attached hydrogens (tertiary/aromatic N) is 2. The van der Waals surface area contributed by atoms with Crippen molar-refractivity contribution in [2.75, 3.05) is 19.0 Å². The Morgan fingerprint density at radius 1 is 1.03 bits per heavy atom.